The topological polar surface area (TPSA) is 49.8 Å². The van der Waals surface area contributed by atoms with Crippen LogP contribution < -0.4 is 11.5 Å². The largest absolute Gasteiger partial charge is 0.330 e. The minimum Gasteiger partial charge on any atom is -0.330 e. The predicted octanol–water partition coefficient (Wildman–Crippen LogP) is 0.00820. The Labute approximate surface area is 38.5 Å². The van der Waals surface area contributed by atoms with E-state index in [2.05, 4.69) is 0 Å². The van der Waals surface area contributed by atoms with Crippen LogP contribution in [0.3, 0.4) is 0 Å². The van der Waals surface area contributed by atoms with E-state index in [0.717, 1.165) is 19.4 Å². The first-order chi connectivity index (χ1) is 2.91. The lowest BCUT2D eigenvalue weighted by molar-refractivity contribution is 0.745. The average molecular weight is 87.1 g/mol. The fourth-order valence-corrected chi connectivity index (χ4v) is 0.269. The molecule has 1 radical (unpaired) electrons. The molecule has 0 aliphatic heterocycles. The van der Waals surface area contributed by atoms with Gasteiger partial charge < -0.3 is 5.73 Å². The van der Waals surface area contributed by atoms with Gasteiger partial charge in [0.05, 0.1) is 0 Å². The average Bonchev–Trinajstić information content (AvgIpc) is 1.61. The van der Waals surface area contributed by atoms with Crippen LogP contribution in [0.5, 0.6) is 0 Å². The van der Waals surface area contributed by atoms with Crippen LogP contribution in [0, 0.1) is 0 Å². The summed E-state index contributed by atoms with van der Waals surface area (Å²) in [5.74, 6) is 0. The molecule has 0 amide bonds. The smallest absolute Gasteiger partial charge is 0.0100 e. The Hall–Kier alpha value is -0.0800. The molecule has 2 heteroatoms. The van der Waals surface area contributed by atoms with E-state index in [1.807, 2.05) is 0 Å². The molecular formula is C4H11N2. The van der Waals surface area contributed by atoms with E-state index in [1.54, 1.807) is 0 Å². The van der Waals surface area contributed by atoms with Crippen LogP contribution >= 0.6 is 0 Å². The second-order valence-corrected chi connectivity index (χ2v) is 1.25. The van der Waals surface area contributed by atoms with Gasteiger partial charge in [0.2, 0.25) is 0 Å². The zero-order valence-electron chi connectivity index (χ0n) is 3.91. The summed E-state index contributed by atoms with van der Waals surface area (Å²) in [6.45, 7) is 1.26. The van der Waals surface area contributed by atoms with E-state index in [4.69, 9.17) is 11.5 Å². The van der Waals surface area contributed by atoms with E-state index in [0.29, 0.717) is 6.54 Å². The molecule has 0 unspecified atom stereocenters. The maximum absolute atomic E-state index is 6.65. The fraction of sp³-hybridized carbons (Fsp3) is 1.00. The number of nitrogens with one attached hydrogen (secondary N) is 1. The number of rotatable bonds is 3. The van der Waals surface area contributed by atoms with Crippen LogP contribution in [0.1, 0.15) is 12.8 Å². The summed E-state index contributed by atoms with van der Waals surface area (Å²) < 4.78 is 0. The standard InChI is InChI=1S/C4H11N2/c5-3-1-2-4-6/h5H,1-4,6H2. The maximum Gasteiger partial charge on any atom is 0.0100 e. The van der Waals surface area contributed by atoms with Crippen molar-refractivity contribution in [2.75, 3.05) is 13.1 Å². The van der Waals surface area contributed by atoms with Crippen molar-refractivity contribution in [1.82, 2.24) is 5.73 Å². The second-order valence-electron chi connectivity index (χ2n) is 1.25. The van der Waals surface area contributed by atoms with Gasteiger partial charge in [0.25, 0.3) is 0 Å². The van der Waals surface area contributed by atoms with Crippen LogP contribution in [-0.2, 0) is 0 Å². The Balaban J connectivity index is 2.34. The third-order valence-electron chi connectivity index (χ3n) is 0.631. The molecule has 0 saturated heterocycles. The SMILES string of the molecule is [NH]CCCCN. The number of unbranched alkanes of at least 4 members (excludes halogenated alkanes) is 1. The summed E-state index contributed by atoms with van der Waals surface area (Å²) in [5.41, 5.74) is 11.8. The zero-order chi connectivity index (χ0) is 4.83. The molecule has 37 valence electrons. The van der Waals surface area contributed by atoms with Crippen LogP contribution in [0.2, 0.25) is 0 Å². The lowest BCUT2D eigenvalue weighted by atomic mass is 10.3. The highest BCUT2D eigenvalue weighted by molar-refractivity contribution is 4.37. The first-order valence-electron chi connectivity index (χ1n) is 2.26. The maximum atomic E-state index is 6.65. The van der Waals surface area contributed by atoms with Gasteiger partial charge in [-0.15, -0.1) is 0 Å². The molecule has 2 nitrogen and oxygen atoms in total. The fourth-order valence-electron chi connectivity index (χ4n) is 0.269. The van der Waals surface area contributed by atoms with Gasteiger partial charge in [0.15, 0.2) is 0 Å². The lowest BCUT2D eigenvalue weighted by Gasteiger charge is -1.86. The van der Waals surface area contributed by atoms with Gasteiger partial charge in [0.1, 0.15) is 0 Å². The van der Waals surface area contributed by atoms with Gasteiger partial charge in [-0.05, 0) is 19.4 Å². The molecule has 0 atom stereocenters. The zero-order valence-corrected chi connectivity index (χ0v) is 3.91. The molecule has 0 aliphatic rings. The lowest BCUT2D eigenvalue weighted by Crippen LogP contribution is -1.99. The van der Waals surface area contributed by atoms with Crippen molar-refractivity contribution >= 4 is 0 Å². The van der Waals surface area contributed by atoms with Crippen molar-refractivity contribution in [3.8, 4) is 0 Å². The molecule has 0 rings (SSSR count). The summed E-state index contributed by atoms with van der Waals surface area (Å²) in [6.07, 6.45) is 1.96. The second kappa shape index (κ2) is 4.92. The third kappa shape index (κ3) is 3.92. The molecule has 0 aromatic heterocycles. The molecule has 3 N–H and O–H groups in total. The van der Waals surface area contributed by atoms with Crippen molar-refractivity contribution in [3.05, 3.63) is 0 Å². The van der Waals surface area contributed by atoms with E-state index in [-0.39, 0.29) is 0 Å². The van der Waals surface area contributed by atoms with Crippen molar-refractivity contribution in [2.24, 2.45) is 5.73 Å². The molecule has 0 saturated carbocycles. The van der Waals surface area contributed by atoms with Gasteiger partial charge in [-0.3, -0.25) is 5.73 Å². The van der Waals surface area contributed by atoms with Crippen LogP contribution in [-0.4, -0.2) is 13.1 Å². The van der Waals surface area contributed by atoms with E-state index < -0.39 is 0 Å². The van der Waals surface area contributed by atoms with E-state index in [1.165, 1.54) is 0 Å². The van der Waals surface area contributed by atoms with Gasteiger partial charge in [-0.2, -0.15) is 0 Å². The highest BCUT2D eigenvalue weighted by atomic mass is 14.5. The van der Waals surface area contributed by atoms with Crippen molar-refractivity contribution in [1.29, 1.82) is 0 Å². The number of hydrogen-bond acceptors (Lipinski definition) is 1. The molecule has 0 aliphatic carbocycles. The normalized spacial score (nSPS) is 9.00. The monoisotopic (exact) mass is 87.1 g/mol. The summed E-state index contributed by atoms with van der Waals surface area (Å²) in [6, 6.07) is 0. The molecule has 0 spiro atoms. The first kappa shape index (κ1) is 5.92. The highest BCUT2D eigenvalue weighted by Gasteiger charge is 1.76. The molecule has 0 fully saturated rings. The Morgan fingerprint density at radius 1 is 1.33 bits per heavy atom. The number of hydrogen-bond donors (Lipinski definition) is 1. The van der Waals surface area contributed by atoms with Crippen molar-refractivity contribution in [2.45, 2.75) is 12.8 Å². The molecule has 6 heavy (non-hydrogen) atoms. The number of nitrogens with two attached hydrogens (primary N) is 1. The van der Waals surface area contributed by atoms with Crippen molar-refractivity contribution in [3.63, 3.8) is 0 Å². The highest BCUT2D eigenvalue weighted by Crippen LogP contribution is 1.78. The summed E-state index contributed by atoms with van der Waals surface area (Å²) >= 11 is 0. The Kier molecular flexibility index (Phi) is 4.85. The molecular weight excluding hydrogens is 76.1 g/mol. The first-order valence-corrected chi connectivity index (χ1v) is 2.26. The molecule has 0 aromatic carbocycles. The van der Waals surface area contributed by atoms with Crippen LogP contribution in [0.25, 0.3) is 0 Å². The van der Waals surface area contributed by atoms with Crippen LogP contribution in [0.15, 0.2) is 0 Å². The Morgan fingerprint density at radius 2 is 2.00 bits per heavy atom. The van der Waals surface area contributed by atoms with E-state index in [9.17, 15) is 0 Å². The molecule has 0 aromatic rings. The van der Waals surface area contributed by atoms with Gasteiger partial charge in [-0.1, -0.05) is 0 Å². The summed E-state index contributed by atoms with van der Waals surface area (Å²) in [7, 11) is 0. The minimum absolute atomic E-state index is 0.525. The molecule has 0 heterocycles. The third-order valence-corrected chi connectivity index (χ3v) is 0.631. The van der Waals surface area contributed by atoms with Crippen molar-refractivity contribution < 1.29 is 0 Å². The van der Waals surface area contributed by atoms with Gasteiger partial charge >= 0.3 is 0 Å². The van der Waals surface area contributed by atoms with Gasteiger partial charge in [-0.25, -0.2) is 0 Å². The van der Waals surface area contributed by atoms with Gasteiger partial charge in [0, 0.05) is 6.54 Å². The minimum atomic E-state index is 0.525. The molecule has 0 bridgehead atoms. The summed E-state index contributed by atoms with van der Waals surface area (Å²) in [5, 5.41) is 0. The summed E-state index contributed by atoms with van der Waals surface area (Å²) in [4.78, 5) is 0. The van der Waals surface area contributed by atoms with Crippen LogP contribution in [0.4, 0.5) is 0 Å². The Bertz CT molecular complexity index is 17.5. The Morgan fingerprint density at radius 3 is 2.17 bits per heavy atom. The quantitative estimate of drug-likeness (QED) is 0.484. The predicted molar refractivity (Wildman–Crippen MR) is 26.3 cm³/mol. The van der Waals surface area contributed by atoms with E-state index >= 15 is 0 Å².